The molecule has 0 aromatic heterocycles. The molecule has 0 spiro atoms. The van der Waals surface area contributed by atoms with Gasteiger partial charge in [-0.1, -0.05) is 11.6 Å². The highest BCUT2D eigenvalue weighted by atomic mass is 35.5. The predicted octanol–water partition coefficient (Wildman–Crippen LogP) is 1.55. The summed E-state index contributed by atoms with van der Waals surface area (Å²) in [4.78, 5) is -0.0617. The molecule has 1 atom stereocenters. The number of benzene rings is 1. The molecule has 4 nitrogen and oxygen atoms in total. The number of hydrogen-bond acceptors (Lipinski definition) is 3. The number of aliphatic hydroxyl groups is 1. The number of hydrogen-bond donors (Lipinski definition) is 2. The number of nitrogens with one attached hydrogen (secondary N) is 1. The molecule has 0 radical (unpaired) electrons. The van der Waals surface area contributed by atoms with Gasteiger partial charge in [-0.2, -0.15) is 0 Å². The van der Waals surface area contributed by atoms with Gasteiger partial charge in [0, 0.05) is 11.6 Å². The van der Waals surface area contributed by atoms with E-state index in [0.29, 0.717) is 10.6 Å². The highest BCUT2D eigenvalue weighted by Crippen LogP contribution is 2.19. The average Bonchev–Trinajstić information content (AvgIpc) is 2.25. The van der Waals surface area contributed by atoms with Crippen LogP contribution in [0.1, 0.15) is 5.56 Å². The SMILES string of the molecule is Cc1cc(Cl)ccc1S(=O)(=O)NCC(O)C(F)F. The lowest BCUT2D eigenvalue weighted by atomic mass is 10.2. The number of halogens is 3. The van der Waals surface area contributed by atoms with Crippen molar-refractivity contribution >= 4 is 21.6 Å². The molecule has 0 aliphatic rings. The van der Waals surface area contributed by atoms with Crippen LogP contribution in [0.4, 0.5) is 8.78 Å². The van der Waals surface area contributed by atoms with Gasteiger partial charge in [0.1, 0.15) is 6.10 Å². The number of aliphatic hydroxyl groups excluding tert-OH is 1. The van der Waals surface area contributed by atoms with Crippen LogP contribution in [0.25, 0.3) is 0 Å². The van der Waals surface area contributed by atoms with E-state index in [0.717, 1.165) is 0 Å². The Kier molecular flexibility index (Phi) is 5.03. The van der Waals surface area contributed by atoms with E-state index in [4.69, 9.17) is 16.7 Å². The molecule has 0 fully saturated rings. The minimum Gasteiger partial charge on any atom is -0.386 e. The van der Waals surface area contributed by atoms with Crippen LogP contribution in [0.2, 0.25) is 5.02 Å². The first-order valence-electron chi connectivity index (χ1n) is 4.96. The van der Waals surface area contributed by atoms with E-state index < -0.39 is 29.1 Å². The summed E-state index contributed by atoms with van der Waals surface area (Å²) in [7, 11) is -3.94. The van der Waals surface area contributed by atoms with Gasteiger partial charge in [0.2, 0.25) is 10.0 Å². The van der Waals surface area contributed by atoms with Gasteiger partial charge in [-0.05, 0) is 30.7 Å². The molecule has 18 heavy (non-hydrogen) atoms. The van der Waals surface area contributed by atoms with Crippen molar-refractivity contribution in [3.8, 4) is 0 Å². The van der Waals surface area contributed by atoms with Gasteiger partial charge in [-0.25, -0.2) is 21.9 Å². The fourth-order valence-electron chi connectivity index (χ4n) is 1.28. The highest BCUT2D eigenvalue weighted by molar-refractivity contribution is 7.89. The van der Waals surface area contributed by atoms with Crippen LogP contribution < -0.4 is 4.72 Å². The van der Waals surface area contributed by atoms with Crippen molar-refractivity contribution in [2.75, 3.05) is 6.54 Å². The summed E-state index contributed by atoms with van der Waals surface area (Å²) < 4.78 is 49.5. The Morgan fingerprint density at radius 1 is 1.44 bits per heavy atom. The Morgan fingerprint density at radius 2 is 2.06 bits per heavy atom. The zero-order chi connectivity index (χ0) is 13.9. The fraction of sp³-hybridized carbons (Fsp3) is 0.400. The molecule has 1 aromatic carbocycles. The Bertz CT molecular complexity index is 522. The lowest BCUT2D eigenvalue weighted by Gasteiger charge is -2.12. The van der Waals surface area contributed by atoms with Gasteiger partial charge in [0.25, 0.3) is 6.43 Å². The van der Waals surface area contributed by atoms with Crippen molar-refractivity contribution in [2.45, 2.75) is 24.3 Å². The molecule has 0 heterocycles. The normalized spacial score (nSPS) is 13.9. The number of aryl methyl sites for hydroxylation is 1. The van der Waals surface area contributed by atoms with E-state index in [1.165, 1.54) is 25.1 Å². The zero-order valence-corrected chi connectivity index (χ0v) is 11.0. The van der Waals surface area contributed by atoms with Gasteiger partial charge >= 0.3 is 0 Å². The van der Waals surface area contributed by atoms with E-state index in [1.807, 2.05) is 4.72 Å². The molecule has 102 valence electrons. The van der Waals surface area contributed by atoms with E-state index in [2.05, 4.69) is 0 Å². The second kappa shape index (κ2) is 5.92. The zero-order valence-electron chi connectivity index (χ0n) is 9.40. The minimum absolute atomic E-state index is 0.0617. The van der Waals surface area contributed by atoms with Crippen molar-refractivity contribution in [3.63, 3.8) is 0 Å². The van der Waals surface area contributed by atoms with Crippen LogP contribution in [0.15, 0.2) is 23.1 Å². The summed E-state index contributed by atoms with van der Waals surface area (Å²) in [6, 6.07) is 4.10. The van der Waals surface area contributed by atoms with Crippen molar-refractivity contribution < 1.29 is 22.3 Å². The summed E-state index contributed by atoms with van der Waals surface area (Å²) >= 11 is 5.68. The average molecular weight is 300 g/mol. The van der Waals surface area contributed by atoms with Gasteiger partial charge in [-0.15, -0.1) is 0 Å². The Morgan fingerprint density at radius 3 is 2.56 bits per heavy atom. The molecule has 0 aliphatic carbocycles. The molecule has 0 saturated carbocycles. The number of sulfonamides is 1. The Hall–Kier alpha value is -0.760. The van der Waals surface area contributed by atoms with Crippen molar-refractivity contribution in [1.29, 1.82) is 0 Å². The molecule has 0 amide bonds. The molecule has 0 saturated heterocycles. The molecule has 2 N–H and O–H groups in total. The third-order valence-corrected chi connectivity index (χ3v) is 4.02. The first-order valence-corrected chi connectivity index (χ1v) is 6.82. The van der Waals surface area contributed by atoms with Crippen LogP contribution in [0.3, 0.4) is 0 Å². The second-order valence-electron chi connectivity index (χ2n) is 3.66. The van der Waals surface area contributed by atoms with Gasteiger partial charge < -0.3 is 5.11 Å². The summed E-state index contributed by atoms with van der Waals surface area (Å²) in [6.45, 7) is 0.784. The summed E-state index contributed by atoms with van der Waals surface area (Å²) in [5.41, 5.74) is 0.390. The Balaban J connectivity index is 2.87. The maximum atomic E-state index is 12.0. The van der Waals surface area contributed by atoms with Crippen molar-refractivity contribution in [1.82, 2.24) is 4.72 Å². The van der Waals surface area contributed by atoms with E-state index in [-0.39, 0.29) is 4.90 Å². The molecule has 1 unspecified atom stereocenters. The fourth-order valence-corrected chi connectivity index (χ4v) is 2.78. The van der Waals surface area contributed by atoms with Crippen molar-refractivity contribution in [3.05, 3.63) is 28.8 Å². The summed E-state index contributed by atoms with van der Waals surface area (Å²) in [5, 5.41) is 9.23. The van der Waals surface area contributed by atoms with E-state index >= 15 is 0 Å². The molecular formula is C10H12ClF2NO3S. The van der Waals surface area contributed by atoms with Crippen LogP contribution >= 0.6 is 11.6 Å². The largest absolute Gasteiger partial charge is 0.386 e. The smallest absolute Gasteiger partial charge is 0.265 e. The minimum atomic E-state index is -3.94. The maximum absolute atomic E-state index is 12.0. The van der Waals surface area contributed by atoms with E-state index in [9.17, 15) is 17.2 Å². The third kappa shape index (κ3) is 3.88. The molecule has 1 rings (SSSR count). The number of rotatable bonds is 5. The van der Waals surface area contributed by atoms with Crippen molar-refractivity contribution in [2.24, 2.45) is 0 Å². The summed E-state index contributed by atoms with van der Waals surface area (Å²) in [6.07, 6.45) is -5.04. The first-order chi connectivity index (χ1) is 8.24. The third-order valence-electron chi connectivity index (χ3n) is 2.20. The Labute approximate surface area is 109 Å². The monoisotopic (exact) mass is 299 g/mol. The topological polar surface area (TPSA) is 66.4 Å². The van der Waals surface area contributed by atoms with Crippen LogP contribution in [-0.2, 0) is 10.0 Å². The lowest BCUT2D eigenvalue weighted by Crippen LogP contribution is -2.36. The summed E-state index contributed by atoms with van der Waals surface area (Å²) in [5.74, 6) is 0. The molecule has 8 heteroatoms. The van der Waals surface area contributed by atoms with Gasteiger partial charge in [0.15, 0.2) is 0 Å². The second-order valence-corrected chi connectivity index (χ2v) is 5.84. The van der Waals surface area contributed by atoms with Crippen LogP contribution in [0, 0.1) is 6.92 Å². The standard InChI is InChI=1S/C10H12ClF2NO3S/c1-6-4-7(11)2-3-9(6)18(16,17)14-5-8(15)10(12)13/h2-4,8,10,14-15H,5H2,1H3. The molecular weight excluding hydrogens is 288 g/mol. The quantitative estimate of drug-likeness (QED) is 0.867. The van der Waals surface area contributed by atoms with Gasteiger partial charge in [0.05, 0.1) is 4.90 Å². The van der Waals surface area contributed by atoms with E-state index in [1.54, 1.807) is 0 Å². The number of alkyl halides is 2. The van der Waals surface area contributed by atoms with Crippen LogP contribution in [0.5, 0.6) is 0 Å². The predicted molar refractivity (Wildman–Crippen MR) is 63.4 cm³/mol. The van der Waals surface area contributed by atoms with Gasteiger partial charge in [-0.3, -0.25) is 0 Å². The molecule has 0 aliphatic heterocycles. The molecule has 0 bridgehead atoms. The molecule has 1 aromatic rings. The maximum Gasteiger partial charge on any atom is 0.265 e. The van der Waals surface area contributed by atoms with Crippen LogP contribution in [-0.4, -0.2) is 32.6 Å². The first kappa shape index (κ1) is 15.3. The highest BCUT2D eigenvalue weighted by Gasteiger charge is 2.22. The lowest BCUT2D eigenvalue weighted by molar-refractivity contribution is -0.000452.